The molecule has 1 aliphatic rings. The molecule has 2 rings (SSSR count). The van der Waals surface area contributed by atoms with Crippen LogP contribution in [0.25, 0.3) is 0 Å². The zero-order valence-corrected chi connectivity index (χ0v) is 12.9. The molecule has 0 bridgehead atoms. The number of methoxy groups -OCH3 is 1. The van der Waals surface area contributed by atoms with Crippen molar-refractivity contribution >= 4 is 0 Å². The van der Waals surface area contributed by atoms with Crippen molar-refractivity contribution in [2.24, 2.45) is 0 Å². The van der Waals surface area contributed by atoms with E-state index in [0.29, 0.717) is 17.7 Å². The molecule has 6 heteroatoms. The maximum atomic E-state index is 13.0. The quantitative estimate of drug-likeness (QED) is 0.640. The Kier molecular flexibility index (Phi) is 4.50. The summed E-state index contributed by atoms with van der Waals surface area (Å²) in [7, 11) is 1.46. The van der Waals surface area contributed by atoms with E-state index in [0.717, 1.165) is 6.92 Å². The average molecular weight is 429 g/mol. The first-order valence-corrected chi connectivity index (χ1v) is 5.18. The van der Waals surface area contributed by atoms with Crippen LogP contribution in [0.5, 0.6) is 5.75 Å². The molecule has 18 heavy (non-hydrogen) atoms. The van der Waals surface area contributed by atoms with E-state index < -0.39 is 11.8 Å². The molecule has 0 fully saturated rings. The second kappa shape index (κ2) is 5.22. The van der Waals surface area contributed by atoms with Gasteiger partial charge in [0.1, 0.15) is 5.60 Å². The molecule has 0 N–H and O–H groups in total. The van der Waals surface area contributed by atoms with Crippen molar-refractivity contribution in [3.8, 4) is 5.75 Å². The van der Waals surface area contributed by atoms with Gasteiger partial charge in [0.2, 0.25) is 0 Å². The number of ether oxygens (including phenoxy) is 2. The van der Waals surface area contributed by atoms with Crippen LogP contribution in [0.2, 0.25) is 0 Å². The maximum Gasteiger partial charge on any atom is 2.00 e. The molecule has 0 saturated carbocycles. The molecule has 0 amide bonds. The first-order chi connectivity index (χ1) is 7.88. The monoisotopic (exact) mass is 429 g/mol. The third kappa shape index (κ3) is 2.43. The molecule has 1 aromatic rings. The van der Waals surface area contributed by atoms with Crippen LogP contribution in [0.4, 0.5) is 13.2 Å². The zero-order chi connectivity index (χ0) is 12.7. The Morgan fingerprint density at radius 2 is 2.11 bits per heavy atom. The van der Waals surface area contributed by atoms with E-state index in [4.69, 9.17) is 9.47 Å². The van der Waals surface area contributed by atoms with Crippen molar-refractivity contribution in [2.75, 3.05) is 13.7 Å². The molecule has 0 aliphatic carbocycles. The number of alkyl halides is 3. The summed E-state index contributed by atoms with van der Waals surface area (Å²) < 4.78 is 49.0. The van der Waals surface area contributed by atoms with Gasteiger partial charge in [0.25, 0.3) is 0 Å². The Morgan fingerprint density at radius 1 is 1.44 bits per heavy atom. The van der Waals surface area contributed by atoms with Crippen LogP contribution >= 0.6 is 0 Å². The molecule has 2 nitrogen and oxygen atoms in total. The average Bonchev–Trinajstić information content (AvgIpc) is 2.27. The molecule has 0 saturated heterocycles. The summed E-state index contributed by atoms with van der Waals surface area (Å²) in [5.74, 6) is 0.440. The van der Waals surface area contributed by atoms with Gasteiger partial charge in [-0.1, -0.05) is 0 Å². The Balaban J connectivity index is 0.00000162. The Morgan fingerprint density at radius 3 is 2.67 bits per heavy atom. The van der Waals surface area contributed by atoms with Crippen molar-refractivity contribution in [1.29, 1.82) is 0 Å². The van der Waals surface area contributed by atoms with E-state index in [1.165, 1.54) is 13.2 Å². The SMILES string of the molecule is COc1[c-]cc2c(c1)CCOC2(C)C(F)(F)F.[W+2]. The largest absolute Gasteiger partial charge is 2.00 e. The molecule has 0 spiro atoms. The zero-order valence-electron chi connectivity index (χ0n) is 9.93. The minimum atomic E-state index is -4.44. The standard InChI is InChI=1S/C12H12F3O2.W/c1-11(12(13,14)15)10-4-3-9(16-2)7-8(10)5-6-17-11;/h4,7H,5-6H2,1-2H3;/q-1;+2. The van der Waals surface area contributed by atoms with Gasteiger partial charge in [-0.3, -0.25) is 0 Å². The Labute approximate surface area is 118 Å². The molecule has 0 radical (unpaired) electrons. The summed E-state index contributed by atoms with van der Waals surface area (Å²) in [6.07, 6.45) is -3.99. The first-order valence-electron chi connectivity index (χ1n) is 5.18. The van der Waals surface area contributed by atoms with Gasteiger partial charge in [-0.2, -0.15) is 19.2 Å². The first kappa shape index (κ1) is 15.5. The summed E-state index contributed by atoms with van der Waals surface area (Å²) in [5, 5.41) is 0. The predicted octanol–water partition coefficient (Wildman–Crippen LogP) is 2.84. The fourth-order valence-electron chi connectivity index (χ4n) is 1.96. The molecule has 1 unspecified atom stereocenters. The second-order valence-electron chi connectivity index (χ2n) is 4.07. The molecular weight excluding hydrogens is 417 g/mol. The van der Waals surface area contributed by atoms with E-state index >= 15 is 0 Å². The van der Waals surface area contributed by atoms with Gasteiger partial charge in [0.05, 0.1) is 7.11 Å². The van der Waals surface area contributed by atoms with Crippen molar-refractivity contribution in [3.05, 3.63) is 29.3 Å². The van der Waals surface area contributed by atoms with Gasteiger partial charge in [-0.25, -0.2) is 0 Å². The third-order valence-corrected chi connectivity index (χ3v) is 3.05. The number of rotatable bonds is 1. The Hall–Kier alpha value is -0.542. The fourth-order valence-corrected chi connectivity index (χ4v) is 1.96. The summed E-state index contributed by atoms with van der Waals surface area (Å²) in [6.45, 7) is 1.10. The number of benzene rings is 1. The van der Waals surface area contributed by atoms with Gasteiger partial charge in [-0.15, -0.1) is 23.3 Å². The summed E-state index contributed by atoms with van der Waals surface area (Å²) in [4.78, 5) is 0. The van der Waals surface area contributed by atoms with E-state index in [-0.39, 0.29) is 33.2 Å². The van der Waals surface area contributed by atoms with Gasteiger partial charge in [-0.05, 0) is 13.3 Å². The number of halogens is 3. The van der Waals surface area contributed by atoms with E-state index in [1.54, 1.807) is 6.07 Å². The van der Waals surface area contributed by atoms with E-state index in [9.17, 15) is 13.2 Å². The summed E-state index contributed by atoms with van der Waals surface area (Å²) in [6, 6.07) is 5.56. The number of fused-ring (bicyclic) bond motifs is 1. The molecule has 98 valence electrons. The topological polar surface area (TPSA) is 18.5 Å². The molecule has 0 aromatic heterocycles. The third-order valence-electron chi connectivity index (χ3n) is 3.05. The van der Waals surface area contributed by atoms with Crippen LogP contribution in [-0.2, 0) is 37.8 Å². The maximum absolute atomic E-state index is 13.0. The van der Waals surface area contributed by atoms with Crippen LogP contribution in [0.3, 0.4) is 0 Å². The van der Waals surface area contributed by atoms with Crippen molar-refractivity contribution in [3.63, 3.8) is 0 Å². The second-order valence-corrected chi connectivity index (χ2v) is 4.07. The molecule has 1 heterocycles. The smallest absolute Gasteiger partial charge is 0.523 e. The van der Waals surface area contributed by atoms with Gasteiger partial charge >= 0.3 is 27.2 Å². The van der Waals surface area contributed by atoms with Crippen LogP contribution < -0.4 is 4.74 Å². The van der Waals surface area contributed by atoms with Crippen LogP contribution in [0, 0.1) is 6.07 Å². The minimum absolute atomic E-state index is 0. The fraction of sp³-hybridized carbons (Fsp3) is 0.500. The van der Waals surface area contributed by atoms with E-state index in [2.05, 4.69) is 6.07 Å². The molecule has 1 atom stereocenters. The van der Waals surface area contributed by atoms with Crippen LogP contribution in [-0.4, -0.2) is 19.9 Å². The van der Waals surface area contributed by atoms with E-state index in [1.807, 2.05) is 0 Å². The number of hydrogen-bond donors (Lipinski definition) is 0. The van der Waals surface area contributed by atoms with Gasteiger partial charge in [0, 0.05) is 12.4 Å². The van der Waals surface area contributed by atoms with Crippen molar-refractivity contribution in [1.82, 2.24) is 0 Å². The number of hydrogen-bond acceptors (Lipinski definition) is 2. The normalized spacial score (nSPS) is 22.9. The van der Waals surface area contributed by atoms with Crippen LogP contribution in [0.15, 0.2) is 12.1 Å². The van der Waals surface area contributed by atoms with Crippen molar-refractivity contribution in [2.45, 2.75) is 25.1 Å². The summed E-state index contributed by atoms with van der Waals surface area (Å²) >= 11 is 0. The molecule has 1 aromatic carbocycles. The van der Waals surface area contributed by atoms with Crippen molar-refractivity contribution < 1.29 is 43.7 Å². The van der Waals surface area contributed by atoms with Crippen LogP contribution in [0.1, 0.15) is 18.1 Å². The molecular formula is C12H12F3O2W+. The molecule has 1 aliphatic heterocycles. The summed E-state index contributed by atoms with van der Waals surface area (Å²) in [5.41, 5.74) is -1.52. The predicted molar refractivity (Wildman–Crippen MR) is 54.9 cm³/mol. The Bertz CT molecular complexity index is 434. The van der Waals surface area contributed by atoms with Gasteiger partial charge < -0.3 is 9.47 Å². The minimum Gasteiger partial charge on any atom is -0.523 e. The van der Waals surface area contributed by atoms with Gasteiger partial charge in [0.15, 0.2) is 0 Å².